The number of methoxy groups -OCH3 is 1. The molecule has 5 rings (SSSR count). The molecule has 1 aromatic rings. The number of aliphatic hydroxyl groups is 1. The number of carbonyl (C=O) groups is 5. The first-order chi connectivity index (χ1) is 29.8. The minimum Gasteiger partial charge on any atom is -0.493 e. The van der Waals surface area contributed by atoms with Gasteiger partial charge in [-0.1, -0.05) is 38.0 Å². The van der Waals surface area contributed by atoms with Crippen LogP contribution in [0, 0.1) is 28.6 Å². The number of halogens is 1. The van der Waals surface area contributed by atoms with Gasteiger partial charge < -0.3 is 28.8 Å². The summed E-state index contributed by atoms with van der Waals surface area (Å²) < 4.78 is 45.4. The molecule has 0 spiro atoms. The molecule has 0 radical (unpaired) electrons. The van der Waals surface area contributed by atoms with Crippen molar-refractivity contribution in [3.05, 3.63) is 53.6 Å². The first-order valence-electron chi connectivity index (χ1n) is 20.9. The van der Waals surface area contributed by atoms with E-state index in [0.29, 0.717) is 43.2 Å². The van der Waals surface area contributed by atoms with E-state index in [9.17, 15) is 29.1 Å². The Kier molecular flexibility index (Phi) is 16.4. The maximum Gasteiger partial charge on any atom is 0.514 e. The molecule has 0 aliphatic heterocycles. The van der Waals surface area contributed by atoms with Crippen molar-refractivity contribution in [2.45, 2.75) is 102 Å². The number of Topliss-reactive ketones (excluding diaryl/α,β-unsaturated/α-hetero) is 1. The van der Waals surface area contributed by atoms with E-state index in [1.807, 2.05) is 0 Å². The lowest BCUT2D eigenvalue weighted by Crippen LogP contribution is -2.70. The molecule has 20 heteroatoms. The molecule has 348 valence electrons. The summed E-state index contributed by atoms with van der Waals surface area (Å²) in [5, 5.41) is 45.7. The summed E-state index contributed by atoms with van der Waals surface area (Å²) in [6.07, 6.45) is 6.22. The van der Waals surface area contributed by atoms with Crippen molar-refractivity contribution in [1.29, 1.82) is 0 Å². The molecule has 5 N–H and O–H groups in total. The lowest BCUT2D eigenvalue weighted by molar-refractivity contribution is -0.492. The van der Waals surface area contributed by atoms with E-state index >= 15 is 4.39 Å². The number of nitrogens with zero attached hydrogens (tertiary/aromatic N) is 2. The number of hydrogen-bond donors (Lipinski definition) is 5. The van der Waals surface area contributed by atoms with Gasteiger partial charge in [0.15, 0.2) is 35.2 Å². The summed E-state index contributed by atoms with van der Waals surface area (Å²) >= 11 is 0. The van der Waals surface area contributed by atoms with Gasteiger partial charge in [-0.3, -0.25) is 44.9 Å². The van der Waals surface area contributed by atoms with Gasteiger partial charge in [-0.2, -0.15) is 0 Å². The first-order valence-corrected chi connectivity index (χ1v) is 20.9. The first kappa shape index (κ1) is 49.4. The Hall–Kier alpha value is -4.64. The second-order valence-corrected chi connectivity index (χ2v) is 16.8. The van der Waals surface area contributed by atoms with Crippen molar-refractivity contribution in [3.8, 4) is 11.5 Å². The third-order valence-corrected chi connectivity index (χ3v) is 13.2. The summed E-state index contributed by atoms with van der Waals surface area (Å²) in [5.41, 5.74) is -5.79. The zero-order chi connectivity index (χ0) is 46.2. The quantitative estimate of drug-likeness (QED) is 0.0251. The molecule has 4 aliphatic carbocycles. The molecular formula is C43H57FN2O17. The van der Waals surface area contributed by atoms with Gasteiger partial charge in [-0.05, 0) is 100 Å². The van der Waals surface area contributed by atoms with E-state index in [1.54, 1.807) is 20.8 Å². The fourth-order valence-corrected chi connectivity index (χ4v) is 10.3. The van der Waals surface area contributed by atoms with Crippen LogP contribution in [-0.2, 0) is 43.1 Å². The predicted octanol–water partition coefficient (Wildman–Crippen LogP) is 5.60. The van der Waals surface area contributed by atoms with Crippen LogP contribution in [0.4, 0.5) is 9.18 Å². The monoisotopic (exact) mass is 892 g/mol. The minimum atomic E-state index is -2.22. The van der Waals surface area contributed by atoms with Crippen LogP contribution in [0.1, 0.15) is 90.5 Å². The molecule has 0 aromatic heterocycles. The lowest BCUT2D eigenvalue weighted by atomic mass is 9.44. The Morgan fingerprint density at radius 1 is 0.921 bits per heavy atom. The highest BCUT2D eigenvalue weighted by molar-refractivity contribution is 6.01. The standard InChI is InChI=1S/C43H57FN2O17/c1-27-22-32-31-14-13-29-24-30(47)17-18-40(29,2)42(31,44)35(48)25-41(32,3)43(27,63-38(51)10-6-5-7-20-60-45(53)54)36(49)26-59-39(52)62-33-15-11-28(23-34(33)57-4)12-16-37(50)58-19-8-9-21-61-46(55)56/h11-12,15-18,23-24,27,31-32,35,48,53-56H,5-10,13-14,19-22,25-26H2,1-4H3/b16-12+/t27-,31?,32?,35-,40-,41-,42-,43-/m0/s1. The highest BCUT2D eigenvalue weighted by Crippen LogP contribution is 2.71. The number of unbranched alkanes of at least 4 members (excludes halogenated alkanes) is 3. The number of rotatable bonds is 21. The maximum absolute atomic E-state index is 17.9. The van der Waals surface area contributed by atoms with Gasteiger partial charge >= 0.3 is 18.1 Å². The number of benzene rings is 1. The average Bonchev–Trinajstić information content (AvgIpc) is 3.44. The van der Waals surface area contributed by atoms with Gasteiger partial charge in [0.2, 0.25) is 5.78 Å². The number of allylic oxidation sites excluding steroid dienone is 4. The minimum absolute atomic E-state index is 0.00294. The molecule has 8 atom stereocenters. The molecule has 4 aliphatic rings. The van der Waals surface area contributed by atoms with Crippen molar-refractivity contribution in [3.63, 3.8) is 0 Å². The second-order valence-electron chi connectivity index (χ2n) is 16.8. The van der Waals surface area contributed by atoms with Crippen molar-refractivity contribution in [1.82, 2.24) is 10.8 Å². The molecule has 1 aromatic carbocycles. The number of ether oxygens (including phenoxy) is 5. The van der Waals surface area contributed by atoms with E-state index in [1.165, 1.54) is 55.7 Å². The molecule has 19 nitrogen and oxygen atoms in total. The van der Waals surface area contributed by atoms with Crippen LogP contribution in [0.5, 0.6) is 11.5 Å². The van der Waals surface area contributed by atoms with Crippen molar-refractivity contribution in [2.24, 2.45) is 28.6 Å². The Morgan fingerprint density at radius 2 is 1.60 bits per heavy atom. The molecule has 0 heterocycles. The van der Waals surface area contributed by atoms with Gasteiger partial charge in [0.1, 0.15) is 0 Å². The number of fused-ring (bicyclic) bond motifs is 5. The van der Waals surface area contributed by atoms with Crippen LogP contribution >= 0.6 is 0 Å². The number of hydrogen-bond acceptors (Lipinski definition) is 19. The molecule has 3 saturated carbocycles. The van der Waals surface area contributed by atoms with E-state index in [0.717, 1.165) is 0 Å². The number of carbonyl (C=O) groups excluding carboxylic acids is 5. The average molecular weight is 893 g/mol. The smallest absolute Gasteiger partial charge is 0.493 e. The Balaban J connectivity index is 1.30. The maximum atomic E-state index is 17.9. The van der Waals surface area contributed by atoms with Gasteiger partial charge in [0, 0.05) is 35.2 Å². The molecule has 0 saturated heterocycles. The van der Waals surface area contributed by atoms with E-state index in [-0.39, 0.29) is 69.2 Å². The fourth-order valence-electron chi connectivity index (χ4n) is 10.3. The number of alkyl halides is 1. The normalized spacial score (nSPS) is 29.8. The van der Waals surface area contributed by atoms with Gasteiger partial charge in [-0.25, -0.2) is 14.0 Å². The summed E-state index contributed by atoms with van der Waals surface area (Å²) in [6, 6.07) is 4.34. The topological polar surface area (TPSA) is 258 Å². The van der Waals surface area contributed by atoms with Crippen molar-refractivity contribution in [2.75, 3.05) is 33.5 Å². The second kappa shape index (κ2) is 20.9. The van der Waals surface area contributed by atoms with Crippen LogP contribution < -0.4 is 9.47 Å². The molecule has 0 bridgehead atoms. The fraction of sp³-hybridized carbons (Fsp3) is 0.605. The van der Waals surface area contributed by atoms with Crippen LogP contribution in [0.15, 0.2) is 48.1 Å². The van der Waals surface area contributed by atoms with E-state index < -0.39 is 87.2 Å². The predicted molar refractivity (Wildman–Crippen MR) is 212 cm³/mol. The lowest BCUT2D eigenvalue weighted by Gasteiger charge is -2.62. The van der Waals surface area contributed by atoms with Crippen LogP contribution in [-0.4, -0.2) is 117 Å². The summed E-state index contributed by atoms with van der Waals surface area (Å²) in [6.45, 7) is 4.20. The molecule has 0 amide bonds. The molecular weight excluding hydrogens is 835 g/mol. The van der Waals surface area contributed by atoms with Gasteiger partial charge in [-0.15, -0.1) is 0 Å². The van der Waals surface area contributed by atoms with Crippen molar-refractivity contribution >= 4 is 35.7 Å². The molecule has 63 heavy (non-hydrogen) atoms. The number of ketones is 2. The largest absolute Gasteiger partial charge is 0.514 e. The zero-order valence-electron chi connectivity index (χ0n) is 35.7. The van der Waals surface area contributed by atoms with E-state index in [4.69, 9.17) is 44.5 Å². The SMILES string of the molecule is COc1cc(/C=C/C(=O)OCCCCON(O)O)ccc1OC(=O)OCC(=O)[C@@]1(OC(=O)CCCCCON(O)O)[C@@H](C)CC2C3CCC4=CC(=O)C=C[C@]4(C)[C@@]3(F)[C@@H](O)C[C@@]21C. The Bertz CT molecular complexity index is 1940. The Morgan fingerprint density at radius 3 is 2.29 bits per heavy atom. The highest BCUT2D eigenvalue weighted by Gasteiger charge is 2.77. The molecule has 2 unspecified atom stereocenters. The third kappa shape index (κ3) is 10.5. The summed E-state index contributed by atoms with van der Waals surface area (Å²) in [4.78, 5) is 75.0. The highest BCUT2D eigenvalue weighted by atomic mass is 19.1. The van der Waals surface area contributed by atoms with Crippen LogP contribution in [0.3, 0.4) is 0 Å². The van der Waals surface area contributed by atoms with Crippen molar-refractivity contribution < 1.29 is 87.7 Å². The van der Waals surface area contributed by atoms with Crippen LogP contribution in [0.25, 0.3) is 6.08 Å². The molecule has 3 fully saturated rings. The third-order valence-electron chi connectivity index (χ3n) is 13.2. The van der Waals surface area contributed by atoms with Crippen LogP contribution in [0.2, 0.25) is 0 Å². The summed E-state index contributed by atoms with van der Waals surface area (Å²) in [7, 11) is 1.32. The summed E-state index contributed by atoms with van der Waals surface area (Å²) in [5.74, 6) is -4.58. The number of esters is 2. The van der Waals surface area contributed by atoms with Gasteiger partial charge in [0.05, 0.1) is 43.8 Å². The Labute approximate surface area is 363 Å². The zero-order valence-corrected chi connectivity index (χ0v) is 35.7. The van der Waals surface area contributed by atoms with E-state index in [2.05, 4.69) is 9.68 Å². The number of aliphatic hydroxyl groups excluding tert-OH is 1. The van der Waals surface area contributed by atoms with Gasteiger partial charge in [0.25, 0.3) is 0 Å².